The van der Waals surface area contributed by atoms with Gasteiger partial charge in [0.2, 0.25) is 0 Å². The molecule has 11 rings (SSSR count). The van der Waals surface area contributed by atoms with Gasteiger partial charge in [-0.25, -0.2) is 4.98 Å². The molecule has 0 saturated heterocycles. The van der Waals surface area contributed by atoms with E-state index in [-0.39, 0.29) is 0 Å². The van der Waals surface area contributed by atoms with Crippen molar-refractivity contribution in [2.24, 2.45) is 0 Å². The zero-order valence-electron chi connectivity index (χ0n) is 34.0. The van der Waals surface area contributed by atoms with Crippen LogP contribution in [0.1, 0.15) is 0 Å². The van der Waals surface area contributed by atoms with Crippen molar-refractivity contribution >= 4 is 80.2 Å². The van der Waals surface area contributed by atoms with Crippen LogP contribution in [0, 0.1) is 0 Å². The van der Waals surface area contributed by atoms with E-state index in [0.29, 0.717) is 5.75 Å². The number of nitrogens with zero attached hydrogens (tertiary/aromatic N) is 3. The normalized spacial score (nSPS) is 12.0. The van der Waals surface area contributed by atoms with E-state index < -0.39 is 8.07 Å². The quantitative estimate of drug-likeness (QED) is 0.135. The standard InChI is InChI=1S/C54H41N3O3Si/c1-61(2,3)41-28-25-37(26-29-41)56(47-21-12-19-45-42-18-7-8-22-48(42)60-54(45)47)39-27-30-43-44-31-32-49(46-20-13-23-50(53(44)46)59-51(43)35-39)58-40-17-11-16-38(34-40)57(36-14-5-4-6-15-36)52-24-9-10-33-55-52/h4-35H,1-3H3. The molecule has 0 spiro atoms. The number of furan rings is 1. The Morgan fingerprint density at radius 2 is 1.20 bits per heavy atom. The number of rotatable bonds is 9. The Balaban J connectivity index is 0.982. The van der Waals surface area contributed by atoms with Crippen LogP contribution < -0.4 is 24.5 Å². The predicted octanol–water partition coefficient (Wildman–Crippen LogP) is 15.2. The first-order chi connectivity index (χ1) is 29.9. The van der Waals surface area contributed by atoms with E-state index in [1.54, 1.807) is 0 Å². The fourth-order valence-corrected chi connectivity index (χ4v) is 9.72. The van der Waals surface area contributed by atoms with E-state index in [4.69, 9.17) is 13.9 Å². The Labute approximate surface area is 355 Å². The fraction of sp³-hybridized carbons (Fsp3) is 0.0556. The van der Waals surface area contributed by atoms with E-state index in [0.717, 1.165) is 95.3 Å². The van der Waals surface area contributed by atoms with E-state index in [9.17, 15) is 0 Å². The lowest BCUT2D eigenvalue weighted by atomic mass is 9.94. The Morgan fingerprint density at radius 1 is 0.508 bits per heavy atom. The minimum atomic E-state index is -1.52. The summed E-state index contributed by atoms with van der Waals surface area (Å²) in [4.78, 5) is 9.10. The van der Waals surface area contributed by atoms with Gasteiger partial charge in [-0.1, -0.05) is 110 Å². The van der Waals surface area contributed by atoms with Crippen molar-refractivity contribution in [3.8, 4) is 34.1 Å². The second kappa shape index (κ2) is 14.6. The molecule has 10 aromatic rings. The number of para-hydroxylation sites is 3. The third-order valence-corrected chi connectivity index (χ3v) is 13.6. The maximum absolute atomic E-state index is 6.85. The van der Waals surface area contributed by atoms with Gasteiger partial charge >= 0.3 is 0 Å². The zero-order valence-corrected chi connectivity index (χ0v) is 35.0. The molecule has 1 aliphatic heterocycles. The average molecular weight is 808 g/mol. The van der Waals surface area contributed by atoms with E-state index >= 15 is 0 Å². The molecule has 3 heterocycles. The highest BCUT2D eigenvalue weighted by molar-refractivity contribution is 6.88. The van der Waals surface area contributed by atoms with Gasteiger partial charge in [0.05, 0.1) is 25.1 Å². The molecule has 2 aromatic heterocycles. The van der Waals surface area contributed by atoms with Crippen molar-refractivity contribution < 1.29 is 13.9 Å². The van der Waals surface area contributed by atoms with Crippen LogP contribution in [0.5, 0.6) is 23.0 Å². The molecule has 8 aromatic carbocycles. The molecule has 61 heavy (non-hydrogen) atoms. The minimum absolute atomic E-state index is 0.717. The maximum Gasteiger partial charge on any atom is 0.159 e. The monoisotopic (exact) mass is 807 g/mol. The summed E-state index contributed by atoms with van der Waals surface area (Å²) in [6.07, 6.45) is 1.81. The van der Waals surface area contributed by atoms with Gasteiger partial charge in [0.1, 0.15) is 34.4 Å². The summed E-state index contributed by atoms with van der Waals surface area (Å²) in [6, 6.07) is 64.9. The van der Waals surface area contributed by atoms with E-state index in [2.05, 4.69) is 150 Å². The van der Waals surface area contributed by atoms with Gasteiger partial charge in [0, 0.05) is 56.8 Å². The number of anilines is 6. The largest absolute Gasteiger partial charge is 0.457 e. The van der Waals surface area contributed by atoms with Crippen molar-refractivity contribution in [1.82, 2.24) is 4.98 Å². The molecular formula is C54H41N3O3Si. The molecule has 6 nitrogen and oxygen atoms in total. The fourth-order valence-electron chi connectivity index (χ4n) is 8.56. The number of hydrogen-bond acceptors (Lipinski definition) is 6. The van der Waals surface area contributed by atoms with Crippen molar-refractivity contribution in [3.05, 3.63) is 194 Å². The van der Waals surface area contributed by atoms with Crippen molar-refractivity contribution in [2.45, 2.75) is 19.6 Å². The molecular weight excluding hydrogens is 767 g/mol. The Hall–Kier alpha value is -7.61. The van der Waals surface area contributed by atoms with Gasteiger partial charge in [-0.15, -0.1) is 0 Å². The number of hydrogen-bond donors (Lipinski definition) is 0. The highest BCUT2D eigenvalue weighted by Gasteiger charge is 2.26. The van der Waals surface area contributed by atoms with Gasteiger partial charge in [-0.3, -0.25) is 4.90 Å². The van der Waals surface area contributed by atoms with Crippen LogP contribution in [0.4, 0.5) is 34.3 Å². The van der Waals surface area contributed by atoms with Crippen LogP contribution >= 0.6 is 0 Å². The molecule has 0 amide bonds. The van der Waals surface area contributed by atoms with Gasteiger partial charge in [-0.2, -0.15) is 0 Å². The number of fused-ring (bicyclic) bond motifs is 5. The summed E-state index contributed by atoms with van der Waals surface area (Å²) in [6.45, 7) is 7.14. The maximum atomic E-state index is 6.85. The Morgan fingerprint density at radius 3 is 2.03 bits per heavy atom. The molecule has 0 fully saturated rings. The first-order valence-corrected chi connectivity index (χ1v) is 24.1. The van der Waals surface area contributed by atoms with Crippen LogP contribution in [0.3, 0.4) is 0 Å². The van der Waals surface area contributed by atoms with Gasteiger partial charge in [0.25, 0.3) is 0 Å². The predicted molar refractivity (Wildman–Crippen MR) is 253 cm³/mol. The Bertz CT molecular complexity index is 3210. The zero-order chi connectivity index (χ0) is 41.1. The molecule has 0 saturated carbocycles. The molecule has 1 aliphatic rings. The van der Waals surface area contributed by atoms with Crippen molar-refractivity contribution in [3.63, 3.8) is 0 Å². The lowest BCUT2D eigenvalue weighted by molar-refractivity contribution is 0.481. The second-order valence-electron chi connectivity index (χ2n) is 16.4. The summed E-state index contributed by atoms with van der Waals surface area (Å²) in [7, 11) is -1.52. The van der Waals surface area contributed by atoms with E-state index in [1.807, 2.05) is 79.0 Å². The van der Waals surface area contributed by atoms with Crippen LogP contribution in [-0.4, -0.2) is 13.1 Å². The smallest absolute Gasteiger partial charge is 0.159 e. The van der Waals surface area contributed by atoms with Crippen LogP contribution in [-0.2, 0) is 0 Å². The summed E-state index contributed by atoms with van der Waals surface area (Å²) in [5.74, 6) is 3.86. The molecule has 0 bridgehead atoms. The summed E-state index contributed by atoms with van der Waals surface area (Å²) in [5, 5.41) is 5.58. The highest BCUT2D eigenvalue weighted by Crippen LogP contribution is 2.52. The molecule has 0 aliphatic carbocycles. The molecule has 7 heteroatoms. The van der Waals surface area contributed by atoms with Gasteiger partial charge in [-0.05, 0) is 96.6 Å². The van der Waals surface area contributed by atoms with Gasteiger partial charge in [0.15, 0.2) is 5.58 Å². The second-order valence-corrected chi connectivity index (χ2v) is 21.5. The lowest BCUT2D eigenvalue weighted by Gasteiger charge is -2.29. The van der Waals surface area contributed by atoms with Crippen LogP contribution in [0.2, 0.25) is 19.6 Å². The first kappa shape index (κ1) is 36.5. The minimum Gasteiger partial charge on any atom is -0.457 e. The highest BCUT2D eigenvalue weighted by atomic mass is 28.3. The number of benzene rings is 8. The summed E-state index contributed by atoms with van der Waals surface area (Å²) >= 11 is 0. The summed E-state index contributed by atoms with van der Waals surface area (Å²) in [5.41, 5.74) is 8.75. The van der Waals surface area contributed by atoms with Crippen LogP contribution in [0.25, 0.3) is 43.8 Å². The first-order valence-electron chi connectivity index (χ1n) is 20.6. The van der Waals surface area contributed by atoms with Gasteiger partial charge < -0.3 is 18.8 Å². The molecule has 0 radical (unpaired) electrons. The SMILES string of the molecule is C[Si](C)(C)c1ccc(N(c2ccc3c(c2)Oc2cccc4c(Oc5cccc(N(c6ccccc6)c6ccccn6)c5)ccc-3c24)c2cccc3c2oc2ccccc23)cc1. The topological polar surface area (TPSA) is 51.0 Å². The third kappa shape index (κ3) is 6.47. The molecule has 0 unspecified atom stereocenters. The number of ether oxygens (including phenoxy) is 2. The van der Waals surface area contributed by atoms with Crippen molar-refractivity contribution in [2.75, 3.05) is 9.80 Å². The third-order valence-electron chi connectivity index (χ3n) is 11.5. The van der Waals surface area contributed by atoms with E-state index in [1.165, 1.54) is 5.19 Å². The lowest BCUT2D eigenvalue weighted by Crippen LogP contribution is -2.37. The molecule has 0 N–H and O–H groups in total. The van der Waals surface area contributed by atoms with Crippen molar-refractivity contribution in [1.29, 1.82) is 0 Å². The summed E-state index contributed by atoms with van der Waals surface area (Å²) < 4.78 is 20.2. The number of pyridine rings is 1. The van der Waals surface area contributed by atoms with Crippen LogP contribution in [0.15, 0.2) is 199 Å². The molecule has 294 valence electrons. The Kier molecular flexibility index (Phi) is 8.72. The molecule has 0 atom stereocenters. The average Bonchev–Trinajstić information content (AvgIpc) is 3.68. The number of aromatic nitrogens is 1.